The first-order valence-electron chi connectivity index (χ1n) is 5.45. The molecule has 0 radical (unpaired) electrons. The average molecular weight is 274 g/mol. The lowest BCUT2D eigenvalue weighted by molar-refractivity contribution is 0.318. The minimum atomic E-state index is 0.00723. The number of thioether (sulfide) groups is 1. The van der Waals surface area contributed by atoms with Crippen LogP contribution in [0.5, 0.6) is 0 Å². The van der Waals surface area contributed by atoms with Crippen molar-refractivity contribution in [3.63, 3.8) is 0 Å². The number of aromatic nitrogens is 1. The van der Waals surface area contributed by atoms with E-state index < -0.39 is 0 Å². The highest BCUT2D eigenvalue weighted by Gasteiger charge is 2.11. The van der Waals surface area contributed by atoms with Gasteiger partial charge in [-0.2, -0.15) is 0 Å². The number of amidine groups is 1. The first kappa shape index (κ1) is 14.1. The van der Waals surface area contributed by atoms with E-state index in [-0.39, 0.29) is 5.84 Å². The van der Waals surface area contributed by atoms with E-state index in [4.69, 9.17) is 22.5 Å². The normalized spacial score (nSPS) is 11.8. The molecule has 1 heterocycles. The Morgan fingerprint density at radius 1 is 1.59 bits per heavy atom. The van der Waals surface area contributed by atoms with Gasteiger partial charge < -0.3 is 10.9 Å². The van der Waals surface area contributed by atoms with Crippen molar-refractivity contribution in [2.24, 2.45) is 10.9 Å². The number of pyridine rings is 1. The van der Waals surface area contributed by atoms with Crippen molar-refractivity contribution in [2.45, 2.75) is 31.2 Å². The summed E-state index contributed by atoms with van der Waals surface area (Å²) in [5.41, 5.74) is 6.03. The fourth-order valence-electron chi connectivity index (χ4n) is 1.30. The Hall–Kier alpha value is -0.940. The minimum Gasteiger partial charge on any atom is -0.409 e. The van der Waals surface area contributed by atoms with Crippen LogP contribution in [0.4, 0.5) is 0 Å². The van der Waals surface area contributed by atoms with Crippen LogP contribution in [-0.4, -0.2) is 21.8 Å². The topological polar surface area (TPSA) is 71.5 Å². The molecule has 1 aromatic heterocycles. The fraction of sp³-hybridized carbons (Fsp3) is 0.455. The van der Waals surface area contributed by atoms with Crippen LogP contribution in [0, 0.1) is 0 Å². The summed E-state index contributed by atoms with van der Waals surface area (Å²) in [5, 5.41) is 12.7. The van der Waals surface area contributed by atoms with Gasteiger partial charge in [0.2, 0.25) is 0 Å². The molecule has 0 saturated carbocycles. The van der Waals surface area contributed by atoms with Gasteiger partial charge in [0.15, 0.2) is 5.84 Å². The van der Waals surface area contributed by atoms with Crippen LogP contribution in [0.15, 0.2) is 22.4 Å². The molecule has 0 atom stereocenters. The third kappa shape index (κ3) is 4.09. The molecule has 1 aromatic rings. The van der Waals surface area contributed by atoms with Gasteiger partial charge in [0.05, 0.1) is 5.02 Å². The number of unbranched alkanes of at least 4 members (excludes halogenated alkanes) is 2. The molecule has 6 heteroatoms. The van der Waals surface area contributed by atoms with E-state index in [0.29, 0.717) is 10.6 Å². The highest BCUT2D eigenvalue weighted by molar-refractivity contribution is 7.99. The molecule has 0 fully saturated rings. The predicted octanol–water partition coefficient (Wildman–Crippen LogP) is 3.11. The predicted molar refractivity (Wildman–Crippen MR) is 72.0 cm³/mol. The summed E-state index contributed by atoms with van der Waals surface area (Å²) < 4.78 is 0. The van der Waals surface area contributed by atoms with Gasteiger partial charge in [0.25, 0.3) is 0 Å². The highest BCUT2D eigenvalue weighted by Crippen LogP contribution is 2.28. The second kappa shape index (κ2) is 7.40. The molecule has 0 aromatic carbocycles. The van der Waals surface area contributed by atoms with Gasteiger partial charge in [-0.25, -0.2) is 4.98 Å². The first-order chi connectivity index (χ1) is 8.20. The van der Waals surface area contributed by atoms with Crippen molar-refractivity contribution >= 4 is 29.2 Å². The molecule has 0 saturated heterocycles. The molecule has 0 unspecified atom stereocenters. The van der Waals surface area contributed by atoms with Crippen LogP contribution in [0.1, 0.15) is 31.7 Å². The Balaban J connectivity index is 2.73. The minimum absolute atomic E-state index is 0.00723. The van der Waals surface area contributed by atoms with Crippen LogP contribution in [-0.2, 0) is 0 Å². The molecular weight excluding hydrogens is 258 g/mol. The summed E-state index contributed by atoms with van der Waals surface area (Å²) >= 11 is 7.73. The number of rotatable bonds is 6. The van der Waals surface area contributed by atoms with Crippen LogP contribution in [0.3, 0.4) is 0 Å². The zero-order valence-corrected chi connectivity index (χ0v) is 11.3. The van der Waals surface area contributed by atoms with Crippen molar-refractivity contribution in [3.8, 4) is 0 Å². The van der Waals surface area contributed by atoms with Crippen molar-refractivity contribution in [1.82, 2.24) is 4.98 Å². The molecular formula is C11H16ClN3OS. The number of oxime groups is 1. The molecule has 3 N–H and O–H groups in total. The van der Waals surface area contributed by atoms with Gasteiger partial charge in [-0.3, -0.25) is 0 Å². The second-order valence-corrected chi connectivity index (χ2v) is 4.98. The van der Waals surface area contributed by atoms with Crippen molar-refractivity contribution in [3.05, 3.63) is 22.8 Å². The molecule has 0 spiro atoms. The Kier molecular flexibility index (Phi) is 6.15. The fourth-order valence-corrected chi connectivity index (χ4v) is 2.58. The lowest BCUT2D eigenvalue weighted by Crippen LogP contribution is -2.14. The van der Waals surface area contributed by atoms with E-state index in [0.717, 1.165) is 17.2 Å². The lowest BCUT2D eigenvalue weighted by atomic mass is 10.2. The standard InChI is InChI=1S/C11H16ClN3OS/c1-2-3-4-7-17-11-9(12)8(5-6-14-11)10(13)15-16/h5-6,16H,2-4,7H2,1H3,(H2,13,15). The maximum atomic E-state index is 8.63. The molecule has 4 nitrogen and oxygen atoms in total. The van der Waals surface area contributed by atoms with Crippen LogP contribution in [0.25, 0.3) is 0 Å². The maximum absolute atomic E-state index is 8.63. The van der Waals surface area contributed by atoms with Crippen molar-refractivity contribution in [2.75, 3.05) is 5.75 Å². The number of nitrogens with zero attached hydrogens (tertiary/aromatic N) is 2. The SMILES string of the molecule is CCCCCSc1nccc(/C(N)=N/O)c1Cl. The molecule has 0 aliphatic heterocycles. The smallest absolute Gasteiger partial charge is 0.171 e. The quantitative estimate of drug-likeness (QED) is 0.209. The second-order valence-electron chi connectivity index (χ2n) is 3.52. The Morgan fingerprint density at radius 2 is 2.35 bits per heavy atom. The number of halogens is 1. The third-order valence-electron chi connectivity index (χ3n) is 2.23. The van der Waals surface area contributed by atoms with E-state index in [2.05, 4.69) is 17.1 Å². The van der Waals surface area contributed by atoms with Crippen molar-refractivity contribution in [1.29, 1.82) is 0 Å². The molecule has 0 aliphatic carbocycles. The summed E-state index contributed by atoms with van der Waals surface area (Å²) in [6.07, 6.45) is 5.13. The van der Waals surface area contributed by atoms with E-state index in [1.807, 2.05) is 0 Å². The Labute approximate surface area is 110 Å². The lowest BCUT2D eigenvalue weighted by Gasteiger charge is -2.06. The monoisotopic (exact) mass is 273 g/mol. The van der Waals surface area contributed by atoms with E-state index in [9.17, 15) is 0 Å². The largest absolute Gasteiger partial charge is 0.409 e. The number of hydrogen-bond acceptors (Lipinski definition) is 4. The number of nitrogens with two attached hydrogens (primary N) is 1. The summed E-state index contributed by atoms with van der Waals surface area (Å²) in [4.78, 5) is 4.19. The van der Waals surface area contributed by atoms with E-state index in [1.54, 1.807) is 24.0 Å². The molecule has 17 heavy (non-hydrogen) atoms. The van der Waals surface area contributed by atoms with Gasteiger partial charge in [0, 0.05) is 11.8 Å². The highest BCUT2D eigenvalue weighted by atomic mass is 35.5. The van der Waals surface area contributed by atoms with Crippen LogP contribution >= 0.6 is 23.4 Å². The molecule has 1 rings (SSSR count). The van der Waals surface area contributed by atoms with Crippen LogP contribution in [0.2, 0.25) is 5.02 Å². The van der Waals surface area contributed by atoms with Gasteiger partial charge in [-0.15, -0.1) is 11.8 Å². The zero-order valence-electron chi connectivity index (χ0n) is 9.69. The van der Waals surface area contributed by atoms with Crippen LogP contribution < -0.4 is 5.73 Å². The molecule has 0 bridgehead atoms. The van der Waals surface area contributed by atoms with Gasteiger partial charge in [-0.05, 0) is 18.2 Å². The summed E-state index contributed by atoms with van der Waals surface area (Å²) in [6, 6.07) is 1.63. The first-order valence-corrected chi connectivity index (χ1v) is 6.82. The summed E-state index contributed by atoms with van der Waals surface area (Å²) in [6.45, 7) is 2.16. The summed E-state index contributed by atoms with van der Waals surface area (Å²) in [7, 11) is 0. The van der Waals surface area contributed by atoms with Gasteiger partial charge >= 0.3 is 0 Å². The average Bonchev–Trinajstić information content (AvgIpc) is 2.35. The van der Waals surface area contributed by atoms with E-state index in [1.165, 1.54) is 12.8 Å². The third-order valence-corrected chi connectivity index (χ3v) is 3.80. The van der Waals surface area contributed by atoms with Gasteiger partial charge in [0.1, 0.15) is 5.03 Å². The molecule has 0 aliphatic rings. The zero-order chi connectivity index (χ0) is 12.7. The molecule has 94 valence electrons. The Morgan fingerprint density at radius 3 is 3.00 bits per heavy atom. The maximum Gasteiger partial charge on any atom is 0.171 e. The summed E-state index contributed by atoms with van der Waals surface area (Å²) in [5.74, 6) is 0.980. The van der Waals surface area contributed by atoms with Crippen molar-refractivity contribution < 1.29 is 5.21 Å². The van der Waals surface area contributed by atoms with E-state index >= 15 is 0 Å². The Bertz CT molecular complexity index is 398. The molecule has 0 amide bonds. The number of hydrogen-bond donors (Lipinski definition) is 2. The van der Waals surface area contributed by atoms with Gasteiger partial charge in [-0.1, -0.05) is 36.5 Å².